The topological polar surface area (TPSA) is 40.1 Å². The molecule has 0 aromatic heterocycles. The van der Waals surface area contributed by atoms with Crippen molar-refractivity contribution in [3.63, 3.8) is 0 Å². The number of carboxylic acids is 1. The van der Waals surface area contributed by atoms with Gasteiger partial charge in [-0.15, -0.1) is 0 Å². The fraction of sp³-hybridized carbons (Fsp3) is 0.722. The molecule has 0 saturated heterocycles. The minimum Gasteiger partial charge on any atom is -0.550 e. The van der Waals surface area contributed by atoms with E-state index in [-0.39, 0.29) is 6.42 Å². The highest BCUT2D eigenvalue weighted by Crippen LogP contribution is 2.08. The Bertz CT molecular complexity index is 349. The monoisotopic (exact) mass is 275 g/mol. The first-order chi connectivity index (χ1) is 9.77. The highest BCUT2D eigenvalue weighted by Gasteiger charge is 1.90. The van der Waals surface area contributed by atoms with Crippen LogP contribution in [0.15, 0.2) is 0 Å². The molecule has 0 heterocycles. The van der Waals surface area contributed by atoms with E-state index in [1.807, 2.05) is 0 Å². The second kappa shape index (κ2) is 15.6. The lowest BCUT2D eigenvalue weighted by Gasteiger charge is -1.98. The molecule has 2 nitrogen and oxygen atoms in total. The highest BCUT2D eigenvalue weighted by molar-refractivity contribution is 5.64. The third kappa shape index (κ3) is 16.6. The Labute approximate surface area is 124 Å². The molecule has 0 aromatic rings. The number of hydrogen-bond acceptors (Lipinski definition) is 2. The van der Waals surface area contributed by atoms with Gasteiger partial charge in [0.05, 0.1) is 0 Å². The maximum atomic E-state index is 10.1. The van der Waals surface area contributed by atoms with E-state index in [2.05, 4.69) is 30.6 Å². The van der Waals surface area contributed by atoms with E-state index >= 15 is 0 Å². The largest absolute Gasteiger partial charge is 0.550 e. The standard InChI is InChI=1S/C18H28O2/c1-2-3-4-5-6-7-8-9-10-11-12-13-14-15-16-17-18(19)20/h2-10,15-17H2,1H3,(H,19,20)/p-1. The molecule has 0 amide bonds. The lowest BCUT2D eigenvalue weighted by Crippen LogP contribution is -2.21. The summed E-state index contributed by atoms with van der Waals surface area (Å²) in [6.07, 6.45) is 12.7. The summed E-state index contributed by atoms with van der Waals surface area (Å²) in [6.45, 7) is 2.24. The van der Waals surface area contributed by atoms with E-state index in [1.165, 1.54) is 44.9 Å². The van der Waals surface area contributed by atoms with E-state index in [9.17, 15) is 9.90 Å². The molecule has 0 aromatic carbocycles. The Kier molecular flexibility index (Phi) is 14.5. The first-order valence-electron chi connectivity index (χ1n) is 7.93. The molecule has 0 spiro atoms. The first kappa shape index (κ1) is 18.6. The second-order valence-corrected chi connectivity index (χ2v) is 5.05. The van der Waals surface area contributed by atoms with Gasteiger partial charge in [-0.1, -0.05) is 63.7 Å². The van der Waals surface area contributed by atoms with Gasteiger partial charge in [0, 0.05) is 18.8 Å². The van der Waals surface area contributed by atoms with Gasteiger partial charge in [0.25, 0.3) is 0 Å². The Balaban J connectivity index is 3.28. The van der Waals surface area contributed by atoms with Crippen LogP contribution in [0.25, 0.3) is 0 Å². The zero-order valence-electron chi connectivity index (χ0n) is 12.8. The van der Waals surface area contributed by atoms with Crippen LogP contribution in [-0.4, -0.2) is 5.97 Å². The lowest BCUT2D eigenvalue weighted by molar-refractivity contribution is -0.305. The van der Waals surface area contributed by atoms with E-state index in [0.717, 1.165) is 12.8 Å². The van der Waals surface area contributed by atoms with Gasteiger partial charge in [-0.25, -0.2) is 0 Å². The molecule has 0 atom stereocenters. The number of aliphatic carboxylic acids is 1. The van der Waals surface area contributed by atoms with Crippen LogP contribution in [0, 0.1) is 23.7 Å². The number of carboxylic acid groups (broad SMARTS) is 1. The summed E-state index contributed by atoms with van der Waals surface area (Å²) < 4.78 is 0. The first-order valence-corrected chi connectivity index (χ1v) is 7.93. The molecular formula is C18H27O2-. The van der Waals surface area contributed by atoms with Gasteiger partial charge in [0.2, 0.25) is 0 Å². The van der Waals surface area contributed by atoms with Crippen molar-refractivity contribution in [1.82, 2.24) is 0 Å². The van der Waals surface area contributed by atoms with Gasteiger partial charge in [0.15, 0.2) is 0 Å². The Morgan fingerprint density at radius 3 is 1.85 bits per heavy atom. The normalized spacial score (nSPS) is 9.25. The Morgan fingerprint density at radius 2 is 1.30 bits per heavy atom. The number of hydrogen-bond donors (Lipinski definition) is 0. The molecule has 112 valence electrons. The maximum absolute atomic E-state index is 10.1. The zero-order chi connectivity index (χ0) is 14.9. The molecule has 0 aliphatic carbocycles. The molecule has 0 aliphatic heterocycles. The van der Waals surface area contributed by atoms with Crippen LogP contribution in [0.4, 0.5) is 0 Å². The van der Waals surface area contributed by atoms with E-state index < -0.39 is 5.97 Å². The molecule has 2 heteroatoms. The fourth-order valence-electron chi connectivity index (χ4n) is 1.88. The van der Waals surface area contributed by atoms with Gasteiger partial charge in [-0.2, -0.15) is 0 Å². The molecule has 0 radical (unpaired) electrons. The number of unbranched alkanes of at least 4 members (excludes halogenated alkanes) is 9. The van der Waals surface area contributed by atoms with Crippen LogP contribution in [0.5, 0.6) is 0 Å². The van der Waals surface area contributed by atoms with Crippen LogP contribution in [0.3, 0.4) is 0 Å². The van der Waals surface area contributed by atoms with Crippen molar-refractivity contribution in [1.29, 1.82) is 0 Å². The summed E-state index contributed by atoms with van der Waals surface area (Å²) in [5.74, 6) is 10.5. The van der Waals surface area contributed by atoms with Gasteiger partial charge in [-0.05, 0) is 31.1 Å². The van der Waals surface area contributed by atoms with Crippen molar-refractivity contribution in [2.75, 3.05) is 0 Å². The van der Waals surface area contributed by atoms with Crippen LogP contribution in [0.1, 0.15) is 84.0 Å². The van der Waals surface area contributed by atoms with Gasteiger partial charge in [-0.3, -0.25) is 0 Å². The SMILES string of the molecule is CCCCCCCCCCC#CC#CCCCC(=O)[O-]. The molecule has 0 fully saturated rings. The lowest BCUT2D eigenvalue weighted by atomic mass is 10.1. The Hall–Kier alpha value is -1.41. The predicted octanol–water partition coefficient (Wildman–Crippen LogP) is 3.44. The number of carbonyl (C=O) groups is 1. The van der Waals surface area contributed by atoms with Crippen molar-refractivity contribution < 1.29 is 9.90 Å². The van der Waals surface area contributed by atoms with Crippen molar-refractivity contribution in [2.24, 2.45) is 0 Å². The Morgan fingerprint density at radius 1 is 0.800 bits per heavy atom. The van der Waals surface area contributed by atoms with Crippen molar-refractivity contribution in [3.8, 4) is 23.7 Å². The summed E-state index contributed by atoms with van der Waals surface area (Å²) >= 11 is 0. The second-order valence-electron chi connectivity index (χ2n) is 5.05. The smallest absolute Gasteiger partial charge is 0.0414 e. The van der Waals surface area contributed by atoms with E-state index in [0.29, 0.717) is 12.8 Å². The van der Waals surface area contributed by atoms with Crippen molar-refractivity contribution in [3.05, 3.63) is 0 Å². The van der Waals surface area contributed by atoms with Gasteiger partial charge >= 0.3 is 0 Å². The summed E-state index contributed by atoms with van der Waals surface area (Å²) in [5, 5.41) is 10.1. The average molecular weight is 275 g/mol. The minimum absolute atomic E-state index is 0.0837. The molecule has 0 rings (SSSR count). The van der Waals surface area contributed by atoms with E-state index in [1.54, 1.807) is 0 Å². The van der Waals surface area contributed by atoms with Gasteiger partial charge in [0.1, 0.15) is 0 Å². The molecular weight excluding hydrogens is 248 g/mol. The maximum Gasteiger partial charge on any atom is 0.0414 e. The minimum atomic E-state index is -1.01. The third-order valence-corrected chi connectivity index (χ3v) is 3.08. The fourth-order valence-corrected chi connectivity index (χ4v) is 1.88. The zero-order valence-corrected chi connectivity index (χ0v) is 12.8. The highest BCUT2D eigenvalue weighted by atomic mass is 16.4. The molecule has 0 unspecified atom stereocenters. The number of carbonyl (C=O) groups excluding carboxylic acids is 1. The van der Waals surface area contributed by atoms with E-state index in [4.69, 9.17) is 0 Å². The van der Waals surface area contributed by atoms with Crippen LogP contribution in [0.2, 0.25) is 0 Å². The molecule has 20 heavy (non-hydrogen) atoms. The molecule has 0 aliphatic rings. The molecule has 0 bridgehead atoms. The summed E-state index contributed by atoms with van der Waals surface area (Å²) in [6, 6.07) is 0. The molecule has 0 N–H and O–H groups in total. The number of rotatable bonds is 11. The summed E-state index contributed by atoms with van der Waals surface area (Å²) in [5.41, 5.74) is 0. The summed E-state index contributed by atoms with van der Waals surface area (Å²) in [4.78, 5) is 10.1. The summed E-state index contributed by atoms with van der Waals surface area (Å²) in [7, 11) is 0. The molecule has 0 saturated carbocycles. The van der Waals surface area contributed by atoms with Gasteiger partial charge < -0.3 is 9.90 Å². The third-order valence-electron chi connectivity index (χ3n) is 3.08. The van der Waals surface area contributed by atoms with Crippen molar-refractivity contribution in [2.45, 2.75) is 84.0 Å². The quantitative estimate of drug-likeness (QED) is 0.428. The van der Waals surface area contributed by atoms with Crippen LogP contribution < -0.4 is 5.11 Å². The average Bonchev–Trinajstić information content (AvgIpc) is 2.43. The van der Waals surface area contributed by atoms with Crippen LogP contribution >= 0.6 is 0 Å². The predicted molar refractivity (Wildman–Crippen MR) is 81.6 cm³/mol. The van der Waals surface area contributed by atoms with Crippen LogP contribution in [-0.2, 0) is 4.79 Å². The van der Waals surface area contributed by atoms with Crippen molar-refractivity contribution >= 4 is 5.97 Å².